The highest BCUT2D eigenvalue weighted by Crippen LogP contribution is 2.18. The third kappa shape index (κ3) is 6.88. The van der Waals surface area contributed by atoms with Gasteiger partial charge < -0.3 is 26.4 Å². The summed E-state index contributed by atoms with van der Waals surface area (Å²) in [6.07, 6.45) is 4.52. The highest BCUT2D eigenvalue weighted by Gasteiger charge is 2.21. The fourth-order valence-corrected chi connectivity index (χ4v) is 3.35. The number of hydrogen-bond acceptors (Lipinski definition) is 7. The van der Waals surface area contributed by atoms with Crippen molar-refractivity contribution >= 4 is 40.9 Å². The number of carbonyl (C=O) groups excluding carboxylic acids is 2. The quantitative estimate of drug-likeness (QED) is 0.317. The molecule has 1 aromatic heterocycles. The summed E-state index contributed by atoms with van der Waals surface area (Å²) in [5, 5.41) is 13.0. The molecule has 2 heterocycles. The first kappa shape index (κ1) is 24.4. The van der Waals surface area contributed by atoms with Crippen molar-refractivity contribution in [2.45, 2.75) is 6.10 Å². The summed E-state index contributed by atoms with van der Waals surface area (Å²) in [5.74, 6) is -0.368. The maximum Gasteiger partial charge on any atom is 0.274 e. The van der Waals surface area contributed by atoms with Gasteiger partial charge in [-0.15, -0.1) is 11.6 Å². The number of alkyl halides is 1. The average molecular weight is 474 g/mol. The van der Waals surface area contributed by atoms with Gasteiger partial charge in [0.2, 0.25) is 0 Å². The Bertz CT molecular complexity index is 1030. The first-order chi connectivity index (χ1) is 16.0. The molecule has 10 nitrogen and oxygen atoms in total. The molecule has 1 fully saturated rings. The van der Waals surface area contributed by atoms with Gasteiger partial charge in [-0.3, -0.25) is 19.3 Å². The predicted molar refractivity (Wildman–Crippen MR) is 129 cm³/mol. The van der Waals surface area contributed by atoms with Gasteiger partial charge in [-0.2, -0.15) is 5.10 Å². The molecule has 0 bridgehead atoms. The molecule has 3 rings (SSSR count). The van der Waals surface area contributed by atoms with Crippen LogP contribution in [0.15, 0.2) is 41.7 Å². The normalized spacial score (nSPS) is 16.7. The van der Waals surface area contributed by atoms with E-state index in [0.717, 1.165) is 12.1 Å². The van der Waals surface area contributed by atoms with Crippen molar-refractivity contribution in [2.24, 2.45) is 17.8 Å². The van der Waals surface area contributed by atoms with Crippen LogP contribution in [0.3, 0.4) is 0 Å². The highest BCUT2D eigenvalue weighted by atomic mass is 35.5. The van der Waals surface area contributed by atoms with Crippen LogP contribution in [0.25, 0.3) is 5.57 Å². The fourth-order valence-electron chi connectivity index (χ4n) is 3.25. The first-order valence-electron chi connectivity index (χ1n) is 10.6. The average Bonchev–Trinajstić information content (AvgIpc) is 3.21. The Kier molecular flexibility index (Phi) is 8.99. The van der Waals surface area contributed by atoms with E-state index < -0.39 is 5.91 Å². The number of aromatic nitrogens is 2. The second-order valence-electron chi connectivity index (χ2n) is 7.35. The van der Waals surface area contributed by atoms with Gasteiger partial charge >= 0.3 is 0 Å². The summed E-state index contributed by atoms with van der Waals surface area (Å²) in [6, 6.07) is 6.95. The summed E-state index contributed by atoms with van der Waals surface area (Å²) in [6.45, 7) is 2.87. The molecular formula is C22H28ClN7O3. The molecule has 1 aliphatic heterocycles. The van der Waals surface area contributed by atoms with Crippen LogP contribution in [0.5, 0.6) is 0 Å². The van der Waals surface area contributed by atoms with Gasteiger partial charge in [0.15, 0.2) is 5.69 Å². The zero-order valence-corrected chi connectivity index (χ0v) is 19.1. The van der Waals surface area contributed by atoms with E-state index in [2.05, 4.69) is 26.0 Å². The zero-order valence-electron chi connectivity index (χ0n) is 18.4. The van der Waals surface area contributed by atoms with Crippen molar-refractivity contribution in [3.05, 3.63) is 53.5 Å². The molecule has 176 valence electrons. The third-order valence-corrected chi connectivity index (χ3v) is 5.04. The first-order valence-corrected chi connectivity index (χ1v) is 11.1. The van der Waals surface area contributed by atoms with E-state index in [4.69, 9.17) is 22.1 Å². The summed E-state index contributed by atoms with van der Waals surface area (Å²) in [5.41, 5.74) is 7.95. The van der Waals surface area contributed by atoms with Crippen molar-refractivity contribution in [3.63, 3.8) is 0 Å². The summed E-state index contributed by atoms with van der Waals surface area (Å²) < 4.78 is 7.07. The number of allylic oxidation sites excluding steroid dienone is 1. The lowest BCUT2D eigenvalue weighted by Gasteiger charge is -2.23. The molecule has 1 unspecified atom stereocenters. The molecule has 1 aliphatic rings. The fraction of sp³-hybridized carbons (Fsp3) is 0.364. The minimum absolute atomic E-state index is 0.107. The van der Waals surface area contributed by atoms with Gasteiger partial charge in [0, 0.05) is 62.3 Å². The Hall–Kier alpha value is -3.21. The van der Waals surface area contributed by atoms with E-state index in [1.54, 1.807) is 37.7 Å². The van der Waals surface area contributed by atoms with E-state index in [0.29, 0.717) is 48.9 Å². The smallest absolute Gasteiger partial charge is 0.274 e. The van der Waals surface area contributed by atoms with E-state index in [-0.39, 0.29) is 17.7 Å². The Balaban J connectivity index is 1.70. The Morgan fingerprint density at radius 3 is 2.94 bits per heavy atom. The van der Waals surface area contributed by atoms with Gasteiger partial charge in [0.25, 0.3) is 11.8 Å². The molecule has 2 aromatic rings. The van der Waals surface area contributed by atoms with Crippen LogP contribution in [0.4, 0.5) is 5.69 Å². The number of ether oxygens (including phenoxy) is 1. The number of aliphatic imine (C=N–C) groups is 1. The zero-order chi connectivity index (χ0) is 23.6. The van der Waals surface area contributed by atoms with Gasteiger partial charge in [0.05, 0.1) is 24.9 Å². The molecule has 0 spiro atoms. The number of hydrogen-bond donors (Lipinski definition) is 4. The molecule has 33 heavy (non-hydrogen) atoms. The van der Waals surface area contributed by atoms with Gasteiger partial charge in [0.1, 0.15) is 0 Å². The third-order valence-electron chi connectivity index (χ3n) is 4.87. The van der Waals surface area contributed by atoms with Crippen LogP contribution in [0, 0.1) is 0 Å². The Morgan fingerprint density at radius 1 is 1.39 bits per heavy atom. The lowest BCUT2D eigenvalue weighted by atomic mass is 10.0. The van der Waals surface area contributed by atoms with Crippen LogP contribution in [-0.4, -0.2) is 72.6 Å². The van der Waals surface area contributed by atoms with Crippen LogP contribution < -0.4 is 21.7 Å². The van der Waals surface area contributed by atoms with Crippen LogP contribution in [0.2, 0.25) is 0 Å². The highest BCUT2D eigenvalue weighted by molar-refractivity contribution is 6.18. The summed E-state index contributed by atoms with van der Waals surface area (Å²) in [7, 11) is 1.68. The number of morpholine rings is 1. The van der Waals surface area contributed by atoms with Crippen molar-refractivity contribution in [1.82, 2.24) is 20.4 Å². The van der Waals surface area contributed by atoms with Crippen LogP contribution in [0.1, 0.15) is 26.4 Å². The monoisotopic (exact) mass is 473 g/mol. The number of rotatable bonds is 9. The second-order valence-corrected chi connectivity index (χ2v) is 7.73. The number of benzene rings is 1. The second kappa shape index (κ2) is 12.1. The lowest BCUT2D eigenvalue weighted by Crippen LogP contribution is -2.45. The topological polar surface area (TPSA) is 136 Å². The summed E-state index contributed by atoms with van der Waals surface area (Å²) >= 11 is 5.65. The molecule has 0 saturated carbocycles. The number of aryl methyl sites for hydroxylation is 1. The van der Waals surface area contributed by atoms with Gasteiger partial charge in [-0.25, -0.2) is 0 Å². The minimum Gasteiger partial charge on any atom is -0.404 e. The molecule has 5 N–H and O–H groups in total. The SMILES string of the molecule is Cn1cc(NC(=O)c2cccc(C(C=NCCCl)=CN)c2)c(C(=O)NCC2CNCCO2)n1. The number of amides is 2. The van der Waals surface area contributed by atoms with Gasteiger partial charge in [-0.1, -0.05) is 12.1 Å². The standard InChI is InChI=1S/C22H28ClN7O3/c1-30-14-19(20(29-30)22(32)27-13-18-12-26-7-8-33-18)28-21(31)16-4-2-3-15(9-16)17(10-24)11-25-6-5-23/h2-4,9-11,14,18,26H,5-8,12-13,24H2,1H3,(H,27,32)(H,28,31). The number of carbonyl (C=O) groups is 2. The number of nitrogens with zero attached hydrogens (tertiary/aromatic N) is 3. The number of nitrogens with one attached hydrogen (secondary N) is 3. The minimum atomic E-state index is -0.391. The van der Waals surface area contributed by atoms with Crippen molar-refractivity contribution in [2.75, 3.05) is 44.0 Å². The van der Waals surface area contributed by atoms with E-state index in [9.17, 15) is 9.59 Å². The lowest BCUT2D eigenvalue weighted by molar-refractivity contribution is 0.0287. The molecule has 11 heteroatoms. The Morgan fingerprint density at radius 2 is 2.21 bits per heavy atom. The number of halogens is 1. The largest absolute Gasteiger partial charge is 0.404 e. The van der Waals surface area contributed by atoms with Crippen LogP contribution >= 0.6 is 11.6 Å². The molecule has 2 amide bonds. The van der Waals surface area contributed by atoms with Crippen molar-refractivity contribution in [3.8, 4) is 0 Å². The van der Waals surface area contributed by atoms with Crippen molar-refractivity contribution < 1.29 is 14.3 Å². The maximum atomic E-state index is 12.9. The predicted octanol–water partition coefficient (Wildman–Crippen LogP) is 1.000. The van der Waals surface area contributed by atoms with Crippen molar-refractivity contribution in [1.29, 1.82) is 0 Å². The molecule has 1 atom stereocenters. The van der Waals surface area contributed by atoms with E-state index in [1.165, 1.54) is 10.9 Å². The molecule has 0 radical (unpaired) electrons. The number of anilines is 1. The van der Waals surface area contributed by atoms with Crippen LogP contribution in [-0.2, 0) is 11.8 Å². The molecule has 0 aliphatic carbocycles. The summed E-state index contributed by atoms with van der Waals surface area (Å²) in [4.78, 5) is 29.8. The molecule has 1 aromatic carbocycles. The molecular weight excluding hydrogens is 446 g/mol. The molecule has 1 saturated heterocycles. The maximum absolute atomic E-state index is 12.9. The Labute approximate surface area is 197 Å². The van der Waals surface area contributed by atoms with E-state index >= 15 is 0 Å². The van der Waals surface area contributed by atoms with E-state index in [1.807, 2.05) is 6.07 Å². The van der Waals surface area contributed by atoms with Gasteiger partial charge in [-0.05, 0) is 17.7 Å². The number of nitrogens with two attached hydrogens (primary N) is 1.